The van der Waals surface area contributed by atoms with Gasteiger partial charge in [0.25, 0.3) is 0 Å². The maximum atomic E-state index is 12.1. The second-order valence-corrected chi connectivity index (χ2v) is 5.59. The number of hydrogen-bond donors (Lipinski definition) is 2. The van der Waals surface area contributed by atoms with Crippen molar-refractivity contribution in [2.45, 2.75) is 51.6 Å². The third-order valence-corrected chi connectivity index (χ3v) is 4.15. The van der Waals surface area contributed by atoms with E-state index >= 15 is 0 Å². The van der Waals surface area contributed by atoms with Crippen LogP contribution in [0.25, 0.3) is 0 Å². The lowest BCUT2D eigenvalue weighted by Crippen LogP contribution is -2.41. The minimum Gasteiger partial charge on any atom is -0.353 e. The average molecular weight is 260 g/mol. The molecule has 3 nitrogen and oxygen atoms in total. The maximum Gasteiger partial charge on any atom is 0.224 e. The van der Waals surface area contributed by atoms with Crippen LogP contribution in [0, 0.1) is 5.92 Å². The molecule has 1 aliphatic rings. The highest BCUT2D eigenvalue weighted by Gasteiger charge is 2.22. The molecule has 0 radical (unpaired) electrons. The van der Waals surface area contributed by atoms with Gasteiger partial charge in [-0.25, -0.2) is 0 Å². The van der Waals surface area contributed by atoms with Gasteiger partial charge in [-0.05, 0) is 29.9 Å². The second kappa shape index (κ2) is 6.71. The van der Waals surface area contributed by atoms with E-state index in [1.54, 1.807) is 0 Å². The molecule has 1 aromatic carbocycles. The topological polar surface area (TPSA) is 55.1 Å². The van der Waals surface area contributed by atoms with Gasteiger partial charge in [0.05, 0.1) is 6.42 Å². The van der Waals surface area contributed by atoms with Crippen molar-refractivity contribution in [3.8, 4) is 0 Å². The first-order valence-corrected chi connectivity index (χ1v) is 7.27. The van der Waals surface area contributed by atoms with Crippen molar-refractivity contribution in [1.29, 1.82) is 0 Å². The van der Waals surface area contributed by atoms with Crippen molar-refractivity contribution in [2.75, 3.05) is 0 Å². The number of carbonyl (C=O) groups is 1. The van der Waals surface area contributed by atoms with E-state index in [9.17, 15) is 4.79 Å². The predicted molar refractivity (Wildman–Crippen MR) is 77.6 cm³/mol. The van der Waals surface area contributed by atoms with Crippen LogP contribution in [0.1, 0.15) is 43.7 Å². The Morgan fingerprint density at radius 3 is 2.63 bits per heavy atom. The average Bonchev–Trinajstić information content (AvgIpc) is 2.42. The molecule has 2 unspecified atom stereocenters. The molecular weight excluding hydrogens is 236 g/mol. The Bertz CT molecular complexity index is 431. The summed E-state index contributed by atoms with van der Waals surface area (Å²) in [7, 11) is 0. The van der Waals surface area contributed by atoms with Gasteiger partial charge >= 0.3 is 0 Å². The summed E-state index contributed by atoms with van der Waals surface area (Å²) in [5, 5.41) is 3.19. The normalized spacial score (nSPS) is 23.1. The highest BCUT2D eigenvalue weighted by atomic mass is 16.1. The molecule has 0 saturated heterocycles. The zero-order valence-electron chi connectivity index (χ0n) is 11.7. The summed E-state index contributed by atoms with van der Waals surface area (Å²) in [6, 6.07) is 8.27. The van der Waals surface area contributed by atoms with Crippen LogP contribution in [0.5, 0.6) is 0 Å². The molecule has 1 aliphatic carbocycles. The molecular formula is C16H24N2O. The van der Waals surface area contributed by atoms with Crippen LogP contribution in [0.2, 0.25) is 0 Å². The largest absolute Gasteiger partial charge is 0.353 e. The Hall–Kier alpha value is -1.35. The molecule has 0 aromatic heterocycles. The zero-order valence-corrected chi connectivity index (χ0v) is 11.7. The lowest BCUT2D eigenvalue weighted by molar-refractivity contribution is -0.121. The van der Waals surface area contributed by atoms with Gasteiger partial charge in [0.1, 0.15) is 0 Å². The van der Waals surface area contributed by atoms with Crippen LogP contribution < -0.4 is 11.1 Å². The van der Waals surface area contributed by atoms with Gasteiger partial charge in [-0.1, -0.05) is 44.0 Å². The van der Waals surface area contributed by atoms with E-state index in [0.29, 0.717) is 24.9 Å². The van der Waals surface area contributed by atoms with E-state index in [2.05, 4.69) is 12.2 Å². The Morgan fingerprint density at radius 1 is 1.26 bits per heavy atom. The highest BCUT2D eigenvalue weighted by molar-refractivity contribution is 5.79. The Balaban J connectivity index is 1.93. The molecule has 3 heteroatoms. The first-order valence-electron chi connectivity index (χ1n) is 7.27. The summed E-state index contributed by atoms with van der Waals surface area (Å²) < 4.78 is 0. The van der Waals surface area contributed by atoms with E-state index < -0.39 is 0 Å². The quantitative estimate of drug-likeness (QED) is 0.873. The van der Waals surface area contributed by atoms with Crippen LogP contribution in [0.15, 0.2) is 24.3 Å². The van der Waals surface area contributed by atoms with Crippen molar-refractivity contribution in [3.63, 3.8) is 0 Å². The van der Waals surface area contributed by atoms with Gasteiger partial charge in [-0.2, -0.15) is 0 Å². The molecule has 19 heavy (non-hydrogen) atoms. The molecule has 104 valence electrons. The van der Waals surface area contributed by atoms with Gasteiger partial charge in [-0.15, -0.1) is 0 Å². The van der Waals surface area contributed by atoms with E-state index in [4.69, 9.17) is 5.73 Å². The Kier molecular flexibility index (Phi) is 4.97. The number of carbonyl (C=O) groups excluding carboxylic acids is 1. The van der Waals surface area contributed by atoms with Gasteiger partial charge in [0, 0.05) is 12.6 Å². The number of nitrogens with two attached hydrogens (primary N) is 1. The molecule has 1 saturated carbocycles. The van der Waals surface area contributed by atoms with Crippen LogP contribution in [-0.4, -0.2) is 11.9 Å². The standard InChI is InChI=1S/C16H24N2O/c1-12-6-2-5-9-15(12)18-16(19)10-13-7-3-4-8-14(13)11-17/h3-4,7-8,12,15H,2,5-6,9-11,17H2,1H3,(H,18,19). The van der Waals surface area contributed by atoms with Crippen LogP contribution in [-0.2, 0) is 17.8 Å². The van der Waals surface area contributed by atoms with Crippen LogP contribution in [0.4, 0.5) is 0 Å². The lowest BCUT2D eigenvalue weighted by Gasteiger charge is -2.29. The van der Waals surface area contributed by atoms with Crippen LogP contribution in [0.3, 0.4) is 0 Å². The third kappa shape index (κ3) is 3.80. The van der Waals surface area contributed by atoms with Crippen molar-refractivity contribution >= 4 is 5.91 Å². The van der Waals surface area contributed by atoms with Crippen molar-refractivity contribution < 1.29 is 4.79 Å². The molecule has 1 fully saturated rings. The molecule has 3 N–H and O–H groups in total. The van der Waals surface area contributed by atoms with Gasteiger partial charge in [-0.3, -0.25) is 4.79 Å². The minimum atomic E-state index is 0.125. The summed E-state index contributed by atoms with van der Waals surface area (Å²) in [4.78, 5) is 12.1. The van der Waals surface area contributed by atoms with E-state index in [-0.39, 0.29) is 5.91 Å². The zero-order chi connectivity index (χ0) is 13.7. The smallest absolute Gasteiger partial charge is 0.224 e. The van der Waals surface area contributed by atoms with E-state index in [1.807, 2.05) is 24.3 Å². The molecule has 2 rings (SSSR count). The summed E-state index contributed by atoms with van der Waals surface area (Å²) >= 11 is 0. The highest BCUT2D eigenvalue weighted by Crippen LogP contribution is 2.23. The molecule has 1 aromatic rings. The lowest BCUT2D eigenvalue weighted by atomic mass is 9.86. The van der Waals surface area contributed by atoms with Crippen molar-refractivity contribution in [2.24, 2.45) is 11.7 Å². The van der Waals surface area contributed by atoms with Crippen molar-refractivity contribution in [1.82, 2.24) is 5.32 Å². The number of hydrogen-bond acceptors (Lipinski definition) is 2. The summed E-state index contributed by atoms with van der Waals surface area (Å²) in [5.74, 6) is 0.724. The Morgan fingerprint density at radius 2 is 1.95 bits per heavy atom. The van der Waals surface area contributed by atoms with Gasteiger partial charge in [0.2, 0.25) is 5.91 Å². The first-order chi connectivity index (χ1) is 9.20. The van der Waals surface area contributed by atoms with Crippen LogP contribution >= 0.6 is 0 Å². The van der Waals surface area contributed by atoms with E-state index in [0.717, 1.165) is 17.5 Å². The number of rotatable bonds is 4. The molecule has 0 aliphatic heterocycles. The van der Waals surface area contributed by atoms with Gasteiger partial charge < -0.3 is 11.1 Å². The Labute approximate surface area is 115 Å². The number of nitrogens with one attached hydrogen (secondary N) is 1. The summed E-state index contributed by atoms with van der Waals surface area (Å²) in [6.45, 7) is 2.72. The van der Waals surface area contributed by atoms with Crippen molar-refractivity contribution in [3.05, 3.63) is 35.4 Å². The summed E-state index contributed by atoms with van der Waals surface area (Å²) in [5.41, 5.74) is 7.81. The molecule has 2 atom stereocenters. The predicted octanol–water partition coefficient (Wildman–Crippen LogP) is 2.38. The SMILES string of the molecule is CC1CCCCC1NC(=O)Cc1ccccc1CN. The number of benzene rings is 1. The summed E-state index contributed by atoms with van der Waals surface area (Å²) in [6.07, 6.45) is 5.31. The third-order valence-electron chi connectivity index (χ3n) is 4.15. The fraction of sp³-hybridized carbons (Fsp3) is 0.562. The second-order valence-electron chi connectivity index (χ2n) is 5.59. The fourth-order valence-corrected chi connectivity index (χ4v) is 2.89. The number of amides is 1. The first kappa shape index (κ1) is 14.1. The maximum absolute atomic E-state index is 12.1. The molecule has 0 heterocycles. The van der Waals surface area contributed by atoms with Gasteiger partial charge in [0.15, 0.2) is 0 Å². The minimum absolute atomic E-state index is 0.125. The molecule has 1 amide bonds. The molecule has 0 bridgehead atoms. The van der Waals surface area contributed by atoms with E-state index in [1.165, 1.54) is 19.3 Å². The monoisotopic (exact) mass is 260 g/mol. The fourth-order valence-electron chi connectivity index (χ4n) is 2.89. The molecule has 0 spiro atoms.